The molecule has 3 nitrogen and oxygen atoms in total. The van der Waals surface area contributed by atoms with Crippen LogP contribution in [0, 0.1) is 0 Å². The highest BCUT2D eigenvalue weighted by atomic mass is 35.5. The van der Waals surface area contributed by atoms with Gasteiger partial charge < -0.3 is 10.8 Å². The lowest BCUT2D eigenvalue weighted by atomic mass is 10.2. The minimum absolute atomic E-state index is 0.122. The summed E-state index contributed by atoms with van der Waals surface area (Å²) in [5.41, 5.74) is 7.55. The van der Waals surface area contributed by atoms with E-state index in [4.69, 9.17) is 22.4 Å². The van der Waals surface area contributed by atoms with Gasteiger partial charge in [-0.15, -0.1) is 0 Å². The van der Waals surface area contributed by atoms with Crippen LogP contribution in [0.4, 0.5) is 11.4 Å². The molecule has 0 saturated carbocycles. The van der Waals surface area contributed by atoms with Crippen LogP contribution in [0.5, 0.6) is 5.75 Å². The van der Waals surface area contributed by atoms with Gasteiger partial charge in [-0.25, -0.2) is 4.99 Å². The number of aliphatic imine (C=N–C) groups is 1. The fourth-order valence-electron chi connectivity index (χ4n) is 0.696. The average molecular weight is 171 g/mol. The van der Waals surface area contributed by atoms with E-state index in [1.54, 1.807) is 6.07 Å². The van der Waals surface area contributed by atoms with Crippen molar-refractivity contribution in [2.75, 3.05) is 5.73 Å². The van der Waals surface area contributed by atoms with E-state index in [1.165, 1.54) is 12.1 Å². The van der Waals surface area contributed by atoms with Crippen LogP contribution in [0.3, 0.4) is 0 Å². The van der Waals surface area contributed by atoms with Crippen LogP contribution in [-0.2, 0) is 0 Å². The summed E-state index contributed by atoms with van der Waals surface area (Å²) in [4.78, 5) is 3.72. The first-order valence-electron chi connectivity index (χ1n) is 2.95. The van der Waals surface area contributed by atoms with Crippen molar-refractivity contribution in [2.45, 2.75) is 0 Å². The second-order valence-electron chi connectivity index (χ2n) is 1.97. The number of benzene rings is 1. The number of nitrogens with zero attached hydrogens (tertiary/aromatic N) is 1. The van der Waals surface area contributed by atoms with Crippen LogP contribution in [0.25, 0.3) is 0 Å². The first kappa shape index (κ1) is 7.88. The van der Waals surface area contributed by atoms with Crippen LogP contribution >= 0.6 is 11.6 Å². The van der Waals surface area contributed by atoms with E-state index in [2.05, 4.69) is 4.99 Å². The maximum absolute atomic E-state index is 8.99. The zero-order chi connectivity index (χ0) is 8.27. The number of phenolic OH excluding ortho intramolecular Hbond substituents is 1. The van der Waals surface area contributed by atoms with Crippen LogP contribution in [0.15, 0.2) is 23.2 Å². The van der Waals surface area contributed by atoms with Crippen LogP contribution < -0.4 is 5.73 Å². The topological polar surface area (TPSA) is 58.6 Å². The summed E-state index contributed by atoms with van der Waals surface area (Å²) in [6.45, 7) is 0. The predicted octanol–water partition coefficient (Wildman–Crippen LogP) is 1.87. The second-order valence-corrected chi connectivity index (χ2v) is 2.16. The van der Waals surface area contributed by atoms with Gasteiger partial charge in [0.2, 0.25) is 0 Å². The predicted molar refractivity (Wildman–Crippen MR) is 46.5 cm³/mol. The van der Waals surface area contributed by atoms with E-state index in [9.17, 15) is 0 Å². The van der Waals surface area contributed by atoms with Crippen molar-refractivity contribution in [3.05, 3.63) is 18.2 Å². The molecular formula is C7H7ClN2O. The van der Waals surface area contributed by atoms with Gasteiger partial charge >= 0.3 is 0 Å². The highest BCUT2D eigenvalue weighted by Gasteiger charge is 1.96. The Morgan fingerprint density at radius 3 is 2.91 bits per heavy atom. The van der Waals surface area contributed by atoms with E-state index in [1.807, 2.05) is 0 Å². The van der Waals surface area contributed by atoms with Crippen LogP contribution in [0.1, 0.15) is 0 Å². The van der Waals surface area contributed by atoms with Gasteiger partial charge in [-0.1, -0.05) is 11.6 Å². The van der Waals surface area contributed by atoms with E-state index in [0.717, 1.165) is 5.67 Å². The van der Waals surface area contributed by atoms with Gasteiger partial charge in [0.05, 0.1) is 17.0 Å². The summed E-state index contributed by atoms with van der Waals surface area (Å²) in [6, 6.07) is 4.49. The number of rotatable bonds is 1. The Bertz CT molecular complexity index is 286. The SMILES string of the molecule is Nc1ccc(O)cc1N=CCl. The summed E-state index contributed by atoms with van der Waals surface area (Å²) >= 11 is 5.23. The third-order valence-electron chi connectivity index (χ3n) is 1.20. The molecule has 1 aromatic rings. The molecular weight excluding hydrogens is 164 g/mol. The van der Waals surface area contributed by atoms with E-state index < -0.39 is 0 Å². The maximum Gasteiger partial charge on any atom is 0.117 e. The summed E-state index contributed by atoms with van der Waals surface area (Å²) in [5.74, 6) is 0.122. The molecule has 0 aromatic heterocycles. The molecule has 0 spiro atoms. The van der Waals surface area contributed by atoms with Gasteiger partial charge in [0.25, 0.3) is 0 Å². The molecule has 0 unspecified atom stereocenters. The Balaban J connectivity index is 3.12. The molecule has 0 saturated heterocycles. The van der Waals surface area contributed by atoms with Crippen molar-refractivity contribution in [2.24, 2.45) is 4.99 Å². The lowest BCUT2D eigenvalue weighted by Gasteiger charge is -1.98. The van der Waals surface area contributed by atoms with Crippen molar-refractivity contribution >= 4 is 28.6 Å². The zero-order valence-corrected chi connectivity index (χ0v) is 6.42. The quantitative estimate of drug-likeness (QED) is 0.384. The molecule has 1 rings (SSSR count). The molecule has 0 atom stereocenters. The average Bonchev–Trinajstić information content (AvgIpc) is 1.98. The van der Waals surface area contributed by atoms with Crippen molar-refractivity contribution in [1.82, 2.24) is 0 Å². The lowest BCUT2D eigenvalue weighted by Crippen LogP contribution is -1.83. The molecule has 0 bridgehead atoms. The summed E-state index contributed by atoms with van der Waals surface area (Å²) in [6.07, 6.45) is 0. The molecule has 0 heterocycles. The number of halogens is 1. The summed E-state index contributed by atoms with van der Waals surface area (Å²) in [7, 11) is 0. The Morgan fingerprint density at radius 2 is 2.27 bits per heavy atom. The Labute approximate surface area is 69.1 Å². The Kier molecular flexibility index (Phi) is 2.33. The van der Waals surface area contributed by atoms with Crippen LogP contribution in [0.2, 0.25) is 0 Å². The Morgan fingerprint density at radius 1 is 1.55 bits per heavy atom. The molecule has 0 amide bonds. The minimum Gasteiger partial charge on any atom is -0.508 e. The number of hydrogen-bond acceptors (Lipinski definition) is 3. The molecule has 0 fully saturated rings. The zero-order valence-electron chi connectivity index (χ0n) is 5.66. The van der Waals surface area contributed by atoms with Gasteiger partial charge in [-0.05, 0) is 12.1 Å². The molecule has 1 aromatic carbocycles. The molecule has 0 aliphatic heterocycles. The number of nitrogens with two attached hydrogens (primary N) is 1. The fourth-order valence-corrected chi connectivity index (χ4v) is 0.802. The van der Waals surface area contributed by atoms with Crippen molar-refractivity contribution in [1.29, 1.82) is 0 Å². The van der Waals surface area contributed by atoms with Crippen molar-refractivity contribution in [3.8, 4) is 5.75 Å². The molecule has 0 radical (unpaired) electrons. The van der Waals surface area contributed by atoms with E-state index in [-0.39, 0.29) is 5.75 Å². The standard InChI is InChI=1S/C7H7ClN2O/c8-4-10-7-3-5(11)1-2-6(7)9/h1-4,11H,9H2. The van der Waals surface area contributed by atoms with Gasteiger partial charge in [-0.3, -0.25) is 0 Å². The number of hydrogen-bond donors (Lipinski definition) is 2. The molecule has 3 N–H and O–H groups in total. The third-order valence-corrected chi connectivity index (χ3v) is 1.30. The first-order chi connectivity index (χ1) is 5.24. The first-order valence-corrected chi connectivity index (χ1v) is 3.39. The Hall–Kier alpha value is -1.22. The number of anilines is 1. The second kappa shape index (κ2) is 3.25. The molecule has 58 valence electrons. The highest BCUT2D eigenvalue weighted by Crippen LogP contribution is 2.25. The monoisotopic (exact) mass is 170 g/mol. The van der Waals surface area contributed by atoms with Gasteiger partial charge in [0.15, 0.2) is 0 Å². The summed E-state index contributed by atoms with van der Waals surface area (Å²) < 4.78 is 0. The lowest BCUT2D eigenvalue weighted by molar-refractivity contribution is 0.475. The number of phenols is 1. The van der Waals surface area contributed by atoms with Crippen LogP contribution in [-0.4, -0.2) is 10.8 Å². The third kappa shape index (κ3) is 1.85. The van der Waals surface area contributed by atoms with Gasteiger partial charge in [-0.2, -0.15) is 0 Å². The van der Waals surface area contributed by atoms with Gasteiger partial charge in [0, 0.05) is 6.07 Å². The van der Waals surface area contributed by atoms with Crippen molar-refractivity contribution in [3.63, 3.8) is 0 Å². The summed E-state index contributed by atoms with van der Waals surface area (Å²) in [5, 5.41) is 8.99. The van der Waals surface area contributed by atoms with E-state index in [0.29, 0.717) is 11.4 Å². The molecule has 4 heteroatoms. The van der Waals surface area contributed by atoms with E-state index >= 15 is 0 Å². The van der Waals surface area contributed by atoms with Crippen molar-refractivity contribution < 1.29 is 5.11 Å². The minimum atomic E-state index is 0.122. The smallest absolute Gasteiger partial charge is 0.117 e. The molecule has 0 aliphatic rings. The largest absolute Gasteiger partial charge is 0.508 e. The number of nitrogen functional groups attached to an aromatic ring is 1. The normalized spacial score (nSPS) is 10.6. The number of aromatic hydroxyl groups is 1. The maximum atomic E-state index is 8.99. The fraction of sp³-hybridized carbons (Fsp3) is 0. The molecule has 0 aliphatic carbocycles. The molecule has 11 heavy (non-hydrogen) atoms. The highest BCUT2D eigenvalue weighted by molar-refractivity contribution is 6.56. The van der Waals surface area contributed by atoms with Gasteiger partial charge in [0.1, 0.15) is 5.75 Å².